The topological polar surface area (TPSA) is 76.7 Å². The lowest BCUT2D eigenvalue weighted by Crippen LogP contribution is -2.40. The SMILES string of the molecule is O=C(Nc1ccc(Br)cc1)c1ccc(NC(=O)[C@H]2COc3ccccc3O2)cc1. The third-order valence-corrected chi connectivity index (χ3v) is 4.85. The average Bonchev–Trinajstić information content (AvgIpc) is 2.75. The summed E-state index contributed by atoms with van der Waals surface area (Å²) in [5.41, 5.74) is 1.75. The molecule has 0 unspecified atom stereocenters. The number of hydrogen-bond donors (Lipinski definition) is 2. The van der Waals surface area contributed by atoms with E-state index in [1.54, 1.807) is 48.5 Å². The van der Waals surface area contributed by atoms with E-state index < -0.39 is 6.10 Å². The van der Waals surface area contributed by atoms with Crippen molar-refractivity contribution >= 4 is 39.1 Å². The van der Waals surface area contributed by atoms with Crippen molar-refractivity contribution in [2.45, 2.75) is 6.10 Å². The highest BCUT2D eigenvalue weighted by molar-refractivity contribution is 9.10. The molecule has 0 radical (unpaired) electrons. The number of carbonyl (C=O) groups is 2. The van der Waals surface area contributed by atoms with Gasteiger partial charge in [0.05, 0.1) is 0 Å². The molecule has 1 atom stereocenters. The number of nitrogens with one attached hydrogen (secondary N) is 2. The summed E-state index contributed by atoms with van der Waals surface area (Å²) in [4.78, 5) is 24.8. The first-order valence-electron chi connectivity index (χ1n) is 8.95. The molecular weight excluding hydrogens is 436 g/mol. The maximum Gasteiger partial charge on any atom is 0.269 e. The van der Waals surface area contributed by atoms with E-state index in [0.29, 0.717) is 28.4 Å². The highest BCUT2D eigenvalue weighted by atomic mass is 79.9. The molecule has 146 valence electrons. The molecule has 4 rings (SSSR count). The summed E-state index contributed by atoms with van der Waals surface area (Å²) in [6.45, 7) is 0.135. The van der Waals surface area contributed by atoms with Crippen LogP contribution in [-0.4, -0.2) is 24.5 Å². The maximum absolute atomic E-state index is 12.5. The lowest BCUT2D eigenvalue weighted by atomic mass is 10.2. The molecule has 29 heavy (non-hydrogen) atoms. The van der Waals surface area contributed by atoms with Gasteiger partial charge in [0.25, 0.3) is 11.8 Å². The molecule has 0 aliphatic carbocycles. The van der Waals surface area contributed by atoms with Gasteiger partial charge in [0, 0.05) is 21.4 Å². The maximum atomic E-state index is 12.5. The van der Waals surface area contributed by atoms with Crippen LogP contribution < -0.4 is 20.1 Å². The zero-order valence-corrected chi connectivity index (χ0v) is 16.8. The Bertz CT molecular complexity index is 1040. The number of benzene rings is 3. The molecular formula is C22H17BrN2O4. The van der Waals surface area contributed by atoms with Crippen LogP contribution in [-0.2, 0) is 4.79 Å². The summed E-state index contributed by atoms with van der Waals surface area (Å²) in [6, 6.07) is 21.2. The minimum Gasteiger partial charge on any atom is -0.485 e. The molecule has 1 heterocycles. The van der Waals surface area contributed by atoms with Crippen LogP contribution in [0, 0.1) is 0 Å². The molecule has 3 aromatic carbocycles. The fraction of sp³-hybridized carbons (Fsp3) is 0.0909. The average molecular weight is 453 g/mol. The molecule has 0 spiro atoms. The fourth-order valence-electron chi connectivity index (χ4n) is 2.81. The number of halogens is 1. The number of fused-ring (bicyclic) bond motifs is 1. The number of carbonyl (C=O) groups excluding carboxylic acids is 2. The molecule has 2 N–H and O–H groups in total. The van der Waals surface area contributed by atoms with Crippen LogP contribution in [0.25, 0.3) is 0 Å². The summed E-state index contributed by atoms with van der Waals surface area (Å²) >= 11 is 3.36. The van der Waals surface area contributed by atoms with Gasteiger partial charge in [-0.2, -0.15) is 0 Å². The van der Waals surface area contributed by atoms with E-state index in [4.69, 9.17) is 9.47 Å². The Kier molecular flexibility index (Phi) is 5.48. The van der Waals surface area contributed by atoms with Gasteiger partial charge < -0.3 is 20.1 Å². The van der Waals surface area contributed by atoms with Gasteiger partial charge in [0.2, 0.25) is 6.10 Å². The first kappa shape index (κ1) is 19.0. The van der Waals surface area contributed by atoms with Crippen LogP contribution in [0.1, 0.15) is 10.4 Å². The van der Waals surface area contributed by atoms with Crippen LogP contribution in [0.2, 0.25) is 0 Å². The Labute approximate surface area is 176 Å². The van der Waals surface area contributed by atoms with Crippen LogP contribution in [0.3, 0.4) is 0 Å². The number of para-hydroxylation sites is 2. The molecule has 2 amide bonds. The van der Waals surface area contributed by atoms with E-state index in [-0.39, 0.29) is 18.4 Å². The molecule has 0 saturated carbocycles. The standard InChI is InChI=1S/C22H17BrN2O4/c23-15-7-11-17(12-8-15)24-21(26)14-5-9-16(10-6-14)25-22(27)20-13-28-18-3-1-2-4-19(18)29-20/h1-12,20H,13H2,(H,24,26)(H,25,27)/t20-/m1/s1. The molecule has 0 saturated heterocycles. The Morgan fingerprint density at radius 3 is 2.17 bits per heavy atom. The van der Waals surface area contributed by atoms with Crippen LogP contribution >= 0.6 is 15.9 Å². The van der Waals surface area contributed by atoms with Gasteiger partial charge in [-0.1, -0.05) is 28.1 Å². The molecule has 1 aliphatic heterocycles. The van der Waals surface area contributed by atoms with Gasteiger partial charge in [-0.3, -0.25) is 9.59 Å². The number of rotatable bonds is 4. The zero-order chi connectivity index (χ0) is 20.2. The third kappa shape index (κ3) is 4.57. The highest BCUT2D eigenvalue weighted by Crippen LogP contribution is 2.31. The van der Waals surface area contributed by atoms with E-state index in [1.165, 1.54) is 0 Å². The number of hydrogen-bond acceptors (Lipinski definition) is 4. The predicted octanol–water partition coefficient (Wildman–Crippen LogP) is 4.48. The lowest BCUT2D eigenvalue weighted by molar-refractivity contribution is -0.125. The zero-order valence-electron chi connectivity index (χ0n) is 15.2. The Morgan fingerprint density at radius 1 is 0.828 bits per heavy atom. The van der Waals surface area contributed by atoms with Gasteiger partial charge in [0.15, 0.2) is 11.5 Å². The van der Waals surface area contributed by atoms with Crippen molar-refractivity contribution in [3.8, 4) is 11.5 Å². The Hall–Kier alpha value is -3.32. The predicted molar refractivity (Wildman–Crippen MR) is 114 cm³/mol. The summed E-state index contributed by atoms with van der Waals surface area (Å²) in [7, 11) is 0. The van der Waals surface area contributed by atoms with Gasteiger partial charge in [-0.05, 0) is 60.7 Å². The summed E-state index contributed by atoms with van der Waals surface area (Å²) in [5, 5.41) is 5.61. The van der Waals surface area contributed by atoms with Gasteiger partial charge in [0.1, 0.15) is 6.61 Å². The van der Waals surface area contributed by atoms with Crippen molar-refractivity contribution in [1.29, 1.82) is 0 Å². The molecule has 7 heteroatoms. The summed E-state index contributed by atoms with van der Waals surface area (Å²) < 4.78 is 12.2. The van der Waals surface area contributed by atoms with Crippen molar-refractivity contribution < 1.29 is 19.1 Å². The number of ether oxygens (including phenoxy) is 2. The van der Waals surface area contributed by atoms with Crippen LogP contribution in [0.5, 0.6) is 11.5 Å². The quantitative estimate of drug-likeness (QED) is 0.611. The van der Waals surface area contributed by atoms with Crippen LogP contribution in [0.15, 0.2) is 77.3 Å². The van der Waals surface area contributed by atoms with Crippen molar-refractivity contribution in [3.05, 3.63) is 82.8 Å². The number of amides is 2. The van der Waals surface area contributed by atoms with Crippen molar-refractivity contribution in [2.24, 2.45) is 0 Å². The lowest BCUT2D eigenvalue weighted by Gasteiger charge is -2.25. The molecule has 6 nitrogen and oxygen atoms in total. The molecule has 0 fully saturated rings. The fourth-order valence-corrected chi connectivity index (χ4v) is 3.08. The van der Waals surface area contributed by atoms with Gasteiger partial charge in [-0.25, -0.2) is 0 Å². The van der Waals surface area contributed by atoms with E-state index in [1.807, 2.05) is 24.3 Å². The first-order chi connectivity index (χ1) is 14.1. The second kappa shape index (κ2) is 8.36. The highest BCUT2D eigenvalue weighted by Gasteiger charge is 2.27. The van der Waals surface area contributed by atoms with Gasteiger partial charge >= 0.3 is 0 Å². The Morgan fingerprint density at radius 2 is 1.45 bits per heavy atom. The molecule has 1 aliphatic rings. The monoisotopic (exact) mass is 452 g/mol. The molecule has 0 bridgehead atoms. The summed E-state index contributed by atoms with van der Waals surface area (Å²) in [6.07, 6.45) is -0.745. The molecule has 3 aromatic rings. The van der Waals surface area contributed by atoms with Crippen molar-refractivity contribution in [3.63, 3.8) is 0 Å². The second-order valence-corrected chi connectivity index (χ2v) is 7.31. The van der Waals surface area contributed by atoms with E-state index in [9.17, 15) is 9.59 Å². The minimum absolute atomic E-state index is 0.135. The third-order valence-electron chi connectivity index (χ3n) is 4.32. The summed E-state index contributed by atoms with van der Waals surface area (Å²) in [5.74, 6) is 0.619. The van der Waals surface area contributed by atoms with Crippen LogP contribution in [0.4, 0.5) is 11.4 Å². The minimum atomic E-state index is -0.745. The van der Waals surface area contributed by atoms with Crippen molar-refractivity contribution in [2.75, 3.05) is 17.2 Å². The smallest absolute Gasteiger partial charge is 0.269 e. The Balaban J connectivity index is 1.36. The first-order valence-corrected chi connectivity index (χ1v) is 9.74. The normalized spacial score (nSPS) is 14.7. The largest absolute Gasteiger partial charge is 0.485 e. The number of anilines is 2. The van der Waals surface area contributed by atoms with E-state index in [2.05, 4.69) is 26.6 Å². The van der Waals surface area contributed by atoms with E-state index >= 15 is 0 Å². The van der Waals surface area contributed by atoms with Gasteiger partial charge in [-0.15, -0.1) is 0 Å². The molecule has 0 aromatic heterocycles. The van der Waals surface area contributed by atoms with E-state index in [0.717, 1.165) is 4.47 Å². The second-order valence-electron chi connectivity index (χ2n) is 6.39. The van der Waals surface area contributed by atoms with Crippen molar-refractivity contribution in [1.82, 2.24) is 0 Å².